The highest BCUT2D eigenvalue weighted by Crippen LogP contribution is 2.23. The van der Waals surface area contributed by atoms with Crippen LogP contribution >= 0.6 is 28.3 Å². The molecule has 3 nitrogen and oxygen atoms in total. The van der Waals surface area contributed by atoms with Crippen molar-refractivity contribution in [1.29, 1.82) is 0 Å². The van der Waals surface area contributed by atoms with Crippen molar-refractivity contribution in [1.82, 2.24) is 5.32 Å². The summed E-state index contributed by atoms with van der Waals surface area (Å²) in [5.41, 5.74) is 7.17. The standard InChI is InChI=1S/C16H23BrN2O.ClH/c1-11(9-12-5-2-3-8-15(12)17)19-16(20)13-6-4-7-14(18)10-13;/h2-3,5,8,11,13-14H,4,6-7,9-10,18H2,1H3,(H,19,20);1H. The Kier molecular flexibility index (Phi) is 7.71. The third kappa shape index (κ3) is 5.61. The van der Waals surface area contributed by atoms with Crippen LogP contribution in [-0.2, 0) is 11.2 Å². The van der Waals surface area contributed by atoms with E-state index in [-0.39, 0.29) is 36.3 Å². The molecule has 1 aliphatic rings. The average molecular weight is 376 g/mol. The summed E-state index contributed by atoms with van der Waals surface area (Å²) in [5.74, 6) is 0.264. The van der Waals surface area contributed by atoms with Gasteiger partial charge in [-0.3, -0.25) is 4.79 Å². The molecular formula is C16H24BrClN2O. The molecule has 1 aromatic carbocycles. The Morgan fingerprint density at radius 1 is 1.43 bits per heavy atom. The first-order valence-electron chi connectivity index (χ1n) is 7.35. The number of carbonyl (C=O) groups is 1. The minimum atomic E-state index is 0. The molecule has 1 amide bonds. The fourth-order valence-electron chi connectivity index (χ4n) is 2.87. The largest absolute Gasteiger partial charge is 0.353 e. The predicted molar refractivity (Wildman–Crippen MR) is 92.6 cm³/mol. The Bertz CT molecular complexity index is 469. The topological polar surface area (TPSA) is 55.1 Å². The maximum Gasteiger partial charge on any atom is 0.223 e. The van der Waals surface area contributed by atoms with E-state index in [9.17, 15) is 4.79 Å². The number of benzene rings is 1. The summed E-state index contributed by atoms with van der Waals surface area (Å²) >= 11 is 3.55. The molecule has 3 unspecified atom stereocenters. The molecule has 5 heteroatoms. The van der Waals surface area contributed by atoms with E-state index in [1.165, 1.54) is 5.56 Å². The summed E-state index contributed by atoms with van der Waals surface area (Å²) in [5, 5.41) is 3.13. The molecule has 1 aliphatic carbocycles. The van der Waals surface area contributed by atoms with Gasteiger partial charge in [-0.15, -0.1) is 12.4 Å². The number of hydrogen-bond acceptors (Lipinski definition) is 2. The lowest BCUT2D eigenvalue weighted by Crippen LogP contribution is -2.42. The number of rotatable bonds is 4. The van der Waals surface area contributed by atoms with E-state index in [1.54, 1.807) is 0 Å². The highest BCUT2D eigenvalue weighted by molar-refractivity contribution is 9.10. The zero-order valence-electron chi connectivity index (χ0n) is 12.3. The van der Waals surface area contributed by atoms with E-state index in [4.69, 9.17) is 5.73 Å². The lowest BCUT2D eigenvalue weighted by atomic mass is 9.85. The molecule has 0 heterocycles. The van der Waals surface area contributed by atoms with Crippen LogP contribution in [0, 0.1) is 5.92 Å². The first-order valence-corrected chi connectivity index (χ1v) is 8.15. The van der Waals surface area contributed by atoms with E-state index in [2.05, 4.69) is 34.2 Å². The van der Waals surface area contributed by atoms with Gasteiger partial charge >= 0.3 is 0 Å². The van der Waals surface area contributed by atoms with E-state index in [1.807, 2.05) is 18.2 Å². The molecule has 1 aromatic rings. The van der Waals surface area contributed by atoms with Crippen LogP contribution in [0.5, 0.6) is 0 Å². The lowest BCUT2D eigenvalue weighted by Gasteiger charge is -2.27. The Hall–Kier alpha value is -0.580. The van der Waals surface area contributed by atoms with Crippen LogP contribution in [0.4, 0.5) is 0 Å². The van der Waals surface area contributed by atoms with Crippen LogP contribution in [-0.4, -0.2) is 18.0 Å². The quantitative estimate of drug-likeness (QED) is 0.847. The van der Waals surface area contributed by atoms with E-state index in [0.29, 0.717) is 0 Å². The summed E-state index contributed by atoms with van der Waals surface area (Å²) < 4.78 is 1.10. The second kappa shape index (κ2) is 8.76. The van der Waals surface area contributed by atoms with Gasteiger partial charge in [0.15, 0.2) is 0 Å². The maximum absolute atomic E-state index is 12.3. The van der Waals surface area contributed by atoms with Crippen LogP contribution in [0.1, 0.15) is 38.2 Å². The SMILES string of the molecule is CC(Cc1ccccc1Br)NC(=O)C1CCCC(N)C1.Cl. The van der Waals surface area contributed by atoms with Crippen molar-refractivity contribution in [3.8, 4) is 0 Å². The minimum absolute atomic E-state index is 0. The zero-order valence-corrected chi connectivity index (χ0v) is 14.8. The number of carbonyl (C=O) groups excluding carboxylic acids is 1. The smallest absolute Gasteiger partial charge is 0.223 e. The molecule has 0 saturated heterocycles. The molecule has 1 fully saturated rings. The van der Waals surface area contributed by atoms with Gasteiger partial charge < -0.3 is 11.1 Å². The minimum Gasteiger partial charge on any atom is -0.353 e. The number of nitrogens with one attached hydrogen (secondary N) is 1. The monoisotopic (exact) mass is 374 g/mol. The summed E-state index contributed by atoms with van der Waals surface area (Å²) in [4.78, 5) is 12.3. The van der Waals surface area contributed by atoms with Gasteiger partial charge in [-0.1, -0.05) is 40.5 Å². The number of amides is 1. The van der Waals surface area contributed by atoms with Crippen LogP contribution in [0.25, 0.3) is 0 Å². The molecule has 1 saturated carbocycles. The van der Waals surface area contributed by atoms with Crippen molar-refractivity contribution in [2.45, 2.75) is 51.1 Å². The molecular weight excluding hydrogens is 352 g/mol. The first kappa shape index (κ1) is 18.5. The van der Waals surface area contributed by atoms with Crippen LogP contribution in [0.2, 0.25) is 0 Å². The Morgan fingerprint density at radius 3 is 2.81 bits per heavy atom. The molecule has 2 rings (SSSR count). The van der Waals surface area contributed by atoms with Crippen molar-refractivity contribution in [3.05, 3.63) is 34.3 Å². The third-order valence-corrected chi connectivity index (χ3v) is 4.73. The van der Waals surface area contributed by atoms with Gasteiger partial charge in [-0.25, -0.2) is 0 Å². The van der Waals surface area contributed by atoms with Gasteiger partial charge in [0.1, 0.15) is 0 Å². The van der Waals surface area contributed by atoms with Crippen LogP contribution in [0.3, 0.4) is 0 Å². The molecule has 0 aliphatic heterocycles. The van der Waals surface area contributed by atoms with Gasteiger partial charge in [0.25, 0.3) is 0 Å². The zero-order chi connectivity index (χ0) is 14.5. The summed E-state index contributed by atoms with van der Waals surface area (Å²) in [6, 6.07) is 8.47. The molecule has 3 N–H and O–H groups in total. The van der Waals surface area contributed by atoms with Crippen molar-refractivity contribution in [2.24, 2.45) is 11.7 Å². The van der Waals surface area contributed by atoms with Gasteiger partial charge in [0.2, 0.25) is 5.91 Å². The molecule has 0 spiro atoms. The van der Waals surface area contributed by atoms with E-state index >= 15 is 0 Å². The predicted octanol–water partition coefficient (Wildman–Crippen LogP) is 3.44. The Morgan fingerprint density at radius 2 is 2.14 bits per heavy atom. The van der Waals surface area contributed by atoms with Crippen LogP contribution in [0.15, 0.2) is 28.7 Å². The fourth-order valence-corrected chi connectivity index (χ4v) is 3.32. The summed E-state index contributed by atoms with van der Waals surface area (Å²) in [7, 11) is 0. The molecule has 3 atom stereocenters. The number of hydrogen-bond donors (Lipinski definition) is 2. The average Bonchev–Trinajstić information content (AvgIpc) is 2.41. The van der Waals surface area contributed by atoms with E-state index < -0.39 is 0 Å². The van der Waals surface area contributed by atoms with Crippen molar-refractivity contribution in [2.75, 3.05) is 0 Å². The van der Waals surface area contributed by atoms with Gasteiger partial charge in [0, 0.05) is 22.5 Å². The summed E-state index contributed by atoms with van der Waals surface area (Å²) in [6.45, 7) is 2.06. The number of nitrogens with two attached hydrogens (primary N) is 1. The van der Waals surface area contributed by atoms with E-state index in [0.717, 1.165) is 36.6 Å². The second-order valence-electron chi connectivity index (χ2n) is 5.83. The molecule has 0 bridgehead atoms. The van der Waals surface area contributed by atoms with Gasteiger partial charge in [-0.2, -0.15) is 0 Å². The summed E-state index contributed by atoms with van der Waals surface area (Å²) in [6.07, 6.45) is 4.76. The Labute approximate surface area is 141 Å². The Balaban J connectivity index is 0.00000220. The van der Waals surface area contributed by atoms with Crippen molar-refractivity contribution >= 4 is 34.2 Å². The maximum atomic E-state index is 12.3. The molecule has 0 radical (unpaired) electrons. The normalized spacial score (nSPS) is 23.0. The van der Waals surface area contributed by atoms with Crippen molar-refractivity contribution in [3.63, 3.8) is 0 Å². The first-order chi connectivity index (χ1) is 9.56. The number of halogens is 2. The van der Waals surface area contributed by atoms with Gasteiger partial charge in [-0.05, 0) is 44.2 Å². The van der Waals surface area contributed by atoms with Crippen LogP contribution < -0.4 is 11.1 Å². The lowest BCUT2D eigenvalue weighted by molar-refractivity contribution is -0.126. The fraction of sp³-hybridized carbons (Fsp3) is 0.562. The molecule has 0 aromatic heterocycles. The highest BCUT2D eigenvalue weighted by atomic mass is 79.9. The molecule has 21 heavy (non-hydrogen) atoms. The molecule has 118 valence electrons. The highest BCUT2D eigenvalue weighted by Gasteiger charge is 2.26. The van der Waals surface area contributed by atoms with Crippen molar-refractivity contribution < 1.29 is 4.79 Å². The second-order valence-corrected chi connectivity index (χ2v) is 6.68. The van der Waals surface area contributed by atoms with Gasteiger partial charge in [0.05, 0.1) is 0 Å². The third-order valence-electron chi connectivity index (χ3n) is 3.96.